The minimum absolute atomic E-state index is 0.131. The van der Waals surface area contributed by atoms with Crippen LogP contribution in [0.2, 0.25) is 0 Å². The van der Waals surface area contributed by atoms with E-state index in [0.717, 1.165) is 24.8 Å². The van der Waals surface area contributed by atoms with Crippen LogP contribution in [-0.2, 0) is 4.74 Å². The van der Waals surface area contributed by atoms with Gasteiger partial charge in [-0.2, -0.15) is 0 Å². The molecule has 2 N–H and O–H groups in total. The SMILES string of the molecule is COC(=O)c1cc(C(=O)Nc2ccccc2C(=O)Nc2cccc(C)c2)cc([N+](=O)[O-])c1. The summed E-state index contributed by atoms with van der Waals surface area (Å²) in [5, 5.41) is 16.6. The molecule has 0 saturated carbocycles. The Morgan fingerprint density at radius 1 is 0.875 bits per heavy atom. The summed E-state index contributed by atoms with van der Waals surface area (Å²) < 4.78 is 4.59. The van der Waals surface area contributed by atoms with Gasteiger partial charge in [-0.05, 0) is 42.8 Å². The number of carbonyl (C=O) groups is 3. The average Bonchev–Trinajstić information content (AvgIpc) is 2.78. The van der Waals surface area contributed by atoms with Crippen LogP contribution in [-0.4, -0.2) is 29.8 Å². The average molecular weight is 433 g/mol. The summed E-state index contributed by atoms with van der Waals surface area (Å²) in [7, 11) is 1.13. The fraction of sp³-hybridized carbons (Fsp3) is 0.0870. The van der Waals surface area contributed by atoms with E-state index in [-0.39, 0.29) is 22.4 Å². The highest BCUT2D eigenvalue weighted by Gasteiger charge is 2.20. The predicted molar refractivity (Wildman–Crippen MR) is 118 cm³/mol. The monoisotopic (exact) mass is 433 g/mol. The first-order valence-electron chi connectivity index (χ1n) is 9.44. The molecule has 0 heterocycles. The maximum Gasteiger partial charge on any atom is 0.338 e. The summed E-state index contributed by atoms with van der Waals surface area (Å²) in [6, 6.07) is 16.8. The van der Waals surface area contributed by atoms with Crippen molar-refractivity contribution < 1.29 is 24.0 Å². The number of nitrogens with zero attached hydrogens (tertiary/aromatic N) is 1. The molecule has 3 aromatic carbocycles. The van der Waals surface area contributed by atoms with Crippen LogP contribution >= 0.6 is 0 Å². The Morgan fingerprint density at radius 3 is 2.28 bits per heavy atom. The lowest BCUT2D eigenvalue weighted by Gasteiger charge is -2.12. The number of carbonyl (C=O) groups excluding carboxylic acids is 3. The molecule has 9 nitrogen and oxygen atoms in total. The van der Waals surface area contributed by atoms with Crippen molar-refractivity contribution in [3.63, 3.8) is 0 Å². The number of esters is 1. The molecule has 0 aliphatic rings. The first-order valence-corrected chi connectivity index (χ1v) is 9.44. The molecule has 162 valence electrons. The van der Waals surface area contributed by atoms with Gasteiger partial charge in [-0.1, -0.05) is 24.3 Å². The first-order chi connectivity index (χ1) is 15.3. The lowest BCUT2D eigenvalue weighted by molar-refractivity contribution is -0.384. The Kier molecular flexibility index (Phi) is 6.59. The number of anilines is 2. The number of aryl methyl sites for hydroxylation is 1. The quantitative estimate of drug-likeness (QED) is 0.341. The second-order valence-corrected chi connectivity index (χ2v) is 6.84. The molecule has 32 heavy (non-hydrogen) atoms. The Labute approximate surface area is 183 Å². The minimum Gasteiger partial charge on any atom is -0.465 e. The van der Waals surface area contributed by atoms with Gasteiger partial charge < -0.3 is 15.4 Å². The number of nitro groups is 1. The van der Waals surface area contributed by atoms with E-state index >= 15 is 0 Å². The minimum atomic E-state index is -0.819. The Hall–Kier alpha value is -4.53. The van der Waals surface area contributed by atoms with E-state index in [4.69, 9.17) is 0 Å². The van der Waals surface area contributed by atoms with Gasteiger partial charge in [-0.25, -0.2) is 4.79 Å². The Bertz CT molecular complexity index is 1220. The second kappa shape index (κ2) is 9.52. The number of para-hydroxylation sites is 1. The fourth-order valence-electron chi connectivity index (χ4n) is 2.99. The van der Waals surface area contributed by atoms with Crippen molar-refractivity contribution in [2.75, 3.05) is 17.7 Å². The first kappa shape index (κ1) is 22.2. The molecular weight excluding hydrogens is 414 g/mol. The van der Waals surface area contributed by atoms with Gasteiger partial charge in [-0.3, -0.25) is 19.7 Å². The molecule has 3 aromatic rings. The zero-order chi connectivity index (χ0) is 23.3. The van der Waals surface area contributed by atoms with Gasteiger partial charge in [0.25, 0.3) is 17.5 Å². The summed E-state index contributed by atoms with van der Waals surface area (Å²) in [6.45, 7) is 1.89. The summed E-state index contributed by atoms with van der Waals surface area (Å²) in [5.41, 5.74) is 1.25. The van der Waals surface area contributed by atoms with Crippen LogP contribution in [0.25, 0.3) is 0 Å². The summed E-state index contributed by atoms with van der Waals surface area (Å²) in [6.07, 6.45) is 0. The number of non-ortho nitro benzene ring substituents is 1. The maximum atomic E-state index is 12.8. The molecule has 0 fully saturated rings. The highest BCUT2D eigenvalue weighted by Crippen LogP contribution is 2.22. The van der Waals surface area contributed by atoms with E-state index < -0.39 is 28.4 Å². The van der Waals surface area contributed by atoms with Gasteiger partial charge in [0.2, 0.25) is 0 Å². The Morgan fingerprint density at radius 2 is 1.59 bits per heavy atom. The zero-order valence-electron chi connectivity index (χ0n) is 17.2. The standard InChI is InChI=1S/C23H19N3O6/c1-14-6-5-7-17(10-14)24-22(28)19-8-3-4-9-20(19)25-21(27)15-11-16(23(29)32-2)13-18(12-15)26(30)31/h3-13H,1-2H3,(H,24,28)(H,25,27). The number of nitrogens with one attached hydrogen (secondary N) is 2. The second-order valence-electron chi connectivity index (χ2n) is 6.84. The smallest absolute Gasteiger partial charge is 0.338 e. The largest absolute Gasteiger partial charge is 0.465 e. The van der Waals surface area contributed by atoms with E-state index in [0.29, 0.717) is 5.69 Å². The lowest BCUT2D eigenvalue weighted by Crippen LogP contribution is -2.19. The van der Waals surface area contributed by atoms with E-state index in [1.807, 2.05) is 13.0 Å². The van der Waals surface area contributed by atoms with E-state index in [1.54, 1.807) is 30.3 Å². The van der Waals surface area contributed by atoms with Crippen LogP contribution in [0.4, 0.5) is 17.1 Å². The highest BCUT2D eigenvalue weighted by molar-refractivity contribution is 6.13. The zero-order valence-corrected chi connectivity index (χ0v) is 17.2. The van der Waals surface area contributed by atoms with Crippen molar-refractivity contribution in [2.45, 2.75) is 6.92 Å². The van der Waals surface area contributed by atoms with Crippen molar-refractivity contribution >= 4 is 34.8 Å². The number of hydrogen-bond acceptors (Lipinski definition) is 6. The number of ether oxygens (including phenoxy) is 1. The third kappa shape index (κ3) is 5.14. The van der Waals surface area contributed by atoms with Crippen LogP contribution < -0.4 is 10.6 Å². The molecule has 0 aromatic heterocycles. The number of methoxy groups -OCH3 is 1. The van der Waals surface area contributed by atoms with Crippen LogP contribution in [0.5, 0.6) is 0 Å². The molecule has 0 aliphatic carbocycles. The van der Waals surface area contributed by atoms with Crippen molar-refractivity contribution in [3.8, 4) is 0 Å². The predicted octanol–water partition coefficient (Wildman–Crippen LogP) is 4.19. The number of amides is 2. The van der Waals surface area contributed by atoms with Gasteiger partial charge in [0.1, 0.15) is 0 Å². The summed E-state index contributed by atoms with van der Waals surface area (Å²) >= 11 is 0. The van der Waals surface area contributed by atoms with E-state index in [2.05, 4.69) is 15.4 Å². The number of rotatable bonds is 6. The van der Waals surface area contributed by atoms with Crippen LogP contribution in [0.1, 0.15) is 36.6 Å². The molecule has 0 saturated heterocycles. The van der Waals surface area contributed by atoms with Crippen LogP contribution in [0.3, 0.4) is 0 Å². The number of hydrogen-bond donors (Lipinski definition) is 2. The van der Waals surface area contributed by atoms with Gasteiger partial charge in [0, 0.05) is 23.4 Å². The molecule has 0 spiro atoms. The molecule has 9 heteroatoms. The van der Waals surface area contributed by atoms with Crippen LogP contribution in [0, 0.1) is 17.0 Å². The number of benzene rings is 3. The van der Waals surface area contributed by atoms with E-state index in [9.17, 15) is 24.5 Å². The third-order valence-electron chi connectivity index (χ3n) is 4.51. The molecule has 0 aliphatic heterocycles. The summed E-state index contributed by atoms with van der Waals surface area (Å²) in [4.78, 5) is 47.9. The molecule has 0 unspecified atom stereocenters. The fourth-order valence-corrected chi connectivity index (χ4v) is 2.99. The summed E-state index contributed by atoms with van der Waals surface area (Å²) in [5.74, 6) is -1.99. The van der Waals surface area contributed by atoms with Gasteiger partial charge in [0.05, 0.1) is 28.8 Å². The molecule has 2 amide bonds. The maximum absolute atomic E-state index is 12.8. The van der Waals surface area contributed by atoms with E-state index in [1.165, 1.54) is 18.2 Å². The third-order valence-corrected chi connectivity index (χ3v) is 4.51. The topological polar surface area (TPSA) is 128 Å². The van der Waals surface area contributed by atoms with Gasteiger partial charge in [0.15, 0.2) is 0 Å². The number of nitro benzene ring substituents is 1. The van der Waals surface area contributed by atoms with Gasteiger partial charge in [-0.15, -0.1) is 0 Å². The van der Waals surface area contributed by atoms with Crippen molar-refractivity contribution in [3.05, 3.63) is 99.1 Å². The molecule has 3 rings (SSSR count). The molecular formula is C23H19N3O6. The highest BCUT2D eigenvalue weighted by atomic mass is 16.6. The van der Waals surface area contributed by atoms with Crippen molar-refractivity contribution in [1.29, 1.82) is 0 Å². The van der Waals surface area contributed by atoms with Crippen molar-refractivity contribution in [1.82, 2.24) is 0 Å². The van der Waals surface area contributed by atoms with Crippen molar-refractivity contribution in [2.24, 2.45) is 0 Å². The van der Waals surface area contributed by atoms with Crippen LogP contribution in [0.15, 0.2) is 66.7 Å². The molecule has 0 bridgehead atoms. The Balaban J connectivity index is 1.89. The van der Waals surface area contributed by atoms with Gasteiger partial charge >= 0.3 is 5.97 Å². The molecule has 0 radical (unpaired) electrons. The molecule has 0 atom stereocenters. The lowest BCUT2D eigenvalue weighted by atomic mass is 10.1. The normalized spacial score (nSPS) is 10.2.